The second-order valence-electron chi connectivity index (χ2n) is 2.84. The molecule has 0 saturated heterocycles. The van der Waals surface area contributed by atoms with Gasteiger partial charge in [-0.25, -0.2) is 8.78 Å². The summed E-state index contributed by atoms with van der Waals surface area (Å²) >= 11 is 4.92. The minimum atomic E-state index is -2.66. The molecule has 0 bridgehead atoms. The van der Waals surface area contributed by atoms with Gasteiger partial charge in [0.1, 0.15) is 5.69 Å². The van der Waals surface area contributed by atoms with Gasteiger partial charge in [-0.15, -0.1) is 0 Å². The lowest BCUT2D eigenvalue weighted by Gasteiger charge is -2.09. The second kappa shape index (κ2) is 5.85. The van der Waals surface area contributed by atoms with Crippen molar-refractivity contribution in [3.63, 3.8) is 0 Å². The molecular formula is C9H7BrF2INO2. The van der Waals surface area contributed by atoms with Gasteiger partial charge in [0.25, 0.3) is 6.43 Å². The number of rotatable bonds is 3. The van der Waals surface area contributed by atoms with Crippen molar-refractivity contribution in [3.8, 4) is 0 Å². The van der Waals surface area contributed by atoms with E-state index < -0.39 is 12.4 Å². The summed E-state index contributed by atoms with van der Waals surface area (Å²) in [6.07, 6.45) is -1.45. The SMILES string of the molecule is COC(=O)Cc1c(Br)cnc(C(F)F)c1I. The quantitative estimate of drug-likeness (QED) is 0.573. The summed E-state index contributed by atoms with van der Waals surface area (Å²) in [7, 11) is 1.25. The van der Waals surface area contributed by atoms with Crippen LogP contribution in [0.2, 0.25) is 0 Å². The first-order chi connectivity index (χ1) is 7.47. The highest BCUT2D eigenvalue weighted by Gasteiger charge is 2.20. The molecule has 0 aliphatic heterocycles. The van der Waals surface area contributed by atoms with E-state index in [0.717, 1.165) is 0 Å². The van der Waals surface area contributed by atoms with Gasteiger partial charge in [0.05, 0.1) is 13.5 Å². The molecule has 0 N–H and O–H groups in total. The zero-order valence-electron chi connectivity index (χ0n) is 8.14. The molecule has 0 radical (unpaired) electrons. The largest absolute Gasteiger partial charge is 0.469 e. The van der Waals surface area contributed by atoms with Gasteiger partial charge < -0.3 is 4.74 Å². The zero-order chi connectivity index (χ0) is 12.3. The van der Waals surface area contributed by atoms with Crippen LogP contribution in [0.5, 0.6) is 0 Å². The fourth-order valence-corrected chi connectivity index (χ4v) is 2.72. The Morgan fingerprint density at radius 1 is 1.69 bits per heavy atom. The summed E-state index contributed by atoms with van der Waals surface area (Å²) in [5, 5.41) is 0. The molecule has 0 aliphatic rings. The monoisotopic (exact) mass is 405 g/mol. The topological polar surface area (TPSA) is 39.2 Å². The van der Waals surface area contributed by atoms with Crippen LogP contribution < -0.4 is 0 Å². The highest BCUT2D eigenvalue weighted by Crippen LogP contribution is 2.29. The van der Waals surface area contributed by atoms with Crippen molar-refractivity contribution in [1.82, 2.24) is 4.98 Å². The number of carbonyl (C=O) groups is 1. The number of alkyl halides is 2. The molecule has 0 unspecified atom stereocenters. The maximum Gasteiger partial charge on any atom is 0.310 e. The molecule has 16 heavy (non-hydrogen) atoms. The Labute approximate surface area is 113 Å². The van der Waals surface area contributed by atoms with Crippen molar-refractivity contribution in [2.75, 3.05) is 7.11 Å². The van der Waals surface area contributed by atoms with Gasteiger partial charge in [-0.3, -0.25) is 9.78 Å². The molecule has 0 fully saturated rings. The smallest absolute Gasteiger partial charge is 0.310 e. The van der Waals surface area contributed by atoms with Crippen LogP contribution in [-0.2, 0) is 16.0 Å². The molecule has 1 rings (SSSR count). The summed E-state index contributed by atoms with van der Waals surface area (Å²) in [6, 6.07) is 0. The average Bonchev–Trinajstić information content (AvgIpc) is 2.23. The molecule has 1 aromatic rings. The van der Waals surface area contributed by atoms with E-state index in [2.05, 4.69) is 25.7 Å². The van der Waals surface area contributed by atoms with Gasteiger partial charge in [-0.2, -0.15) is 0 Å². The minimum Gasteiger partial charge on any atom is -0.469 e. The van der Waals surface area contributed by atoms with Crippen LogP contribution in [0.1, 0.15) is 17.7 Å². The van der Waals surface area contributed by atoms with E-state index in [1.807, 2.05) is 0 Å². The maximum absolute atomic E-state index is 12.6. The normalized spacial score (nSPS) is 10.6. The standard InChI is InChI=1S/C9H7BrF2INO2/c1-16-6(15)2-4-5(10)3-14-8(7(4)13)9(11)12/h3,9H,2H2,1H3. The molecule has 0 saturated carbocycles. The molecule has 88 valence electrons. The molecule has 0 atom stereocenters. The maximum atomic E-state index is 12.6. The third-order valence-corrected chi connectivity index (χ3v) is 3.74. The van der Waals surface area contributed by atoms with Gasteiger partial charge in [-0.05, 0) is 44.1 Å². The van der Waals surface area contributed by atoms with Crippen molar-refractivity contribution in [2.45, 2.75) is 12.8 Å². The van der Waals surface area contributed by atoms with Gasteiger partial charge in [0, 0.05) is 14.2 Å². The first kappa shape index (κ1) is 13.8. The van der Waals surface area contributed by atoms with Crippen LogP contribution in [0, 0.1) is 3.57 Å². The Kier molecular flexibility index (Phi) is 5.03. The third-order valence-electron chi connectivity index (χ3n) is 1.85. The van der Waals surface area contributed by atoms with E-state index in [1.165, 1.54) is 13.3 Å². The minimum absolute atomic E-state index is 0.0579. The molecular weight excluding hydrogens is 399 g/mol. The predicted octanol–water partition coefficient (Wildman–Crippen LogP) is 3.10. The number of halogens is 4. The summed E-state index contributed by atoms with van der Waals surface area (Å²) in [5.41, 5.74) is 0.153. The Balaban J connectivity index is 3.16. The molecule has 3 nitrogen and oxygen atoms in total. The van der Waals surface area contributed by atoms with Crippen molar-refractivity contribution in [3.05, 3.63) is 25.5 Å². The fraction of sp³-hybridized carbons (Fsp3) is 0.333. The fourth-order valence-electron chi connectivity index (χ4n) is 1.05. The van der Waals surface area contributed by atoms with E-state index in [9.17, 15) is 13.6 Å². The number of hydrogen-bond donors (Lipinski definition) is 0. The summed E-state index contributed by atoms with van der Waals surface area (Å²) in [5.74, 6) is -0.481. The van der Waals surface area contributed by atoms with E-state index >= 15 is 0 Å². The number of esters is 1. The molecule has 0 aliphatic carbocycles. The molecule has 7 heteroatoms. The van der Waals surface area contributed by atoms with Gasteiger partial charge in [0.2, 0.25) is 0 Å². The van der Waals surface area contributed by atoms with E-state index in [-0.39, 0.29) is 15.7 Å². The first-order valence-corrected chi connectivity index (χ1v) is 6.02. The lowest BCUT2D eigenvalue weighted by atomic mass is 10.1. The van der Waals surface area contributed by atoms with Crippen LogP contribution >= 0.6 is 38.5 Å². The van der Waals surface area contributed by atoms with Crippen LogP contribution in [0.25, 0.3) is 0 Å². The number of nitrogens with zero attached hydrogens (tertiary/aromatic N) is 1. The molecule has 1 aromatic heterocycles. The predicted molar refractivity (Wildman–Crippen MR) is 65.3 cm³/mol. The number of pyridine rings is 1. The number of aromatic nitrogens is 1. The van der Waals surface area contributed by atoms with Gasteiger partial charge in [-0.1, -0.05) is 0 Å². The van der Waals surface area contributed by atoms with Crippen molar-refractivity contribution in [2.24, 2.45) is 0 Å². The Morgan fingerprint density at radius 3 is 2.81 bits per heavy atom. The molecule has 0 aromatic carbocycles. The van der Waals surface area contributed by atoms with Crippen LogP contribution in [-0.4, -0.2) is 18.1 Å². The number of methoxy groups -OCH3 is 1. The van der Waals surface area contributed by atoms with Crippen LogP contribution in [0.15, 0.2) is 10.7 Å². The number of hydrogen-bond acceptors (Lipinski definition) is 3. The summed E-state index contributed by atoms with van der Waals surface area (Å²) in [4.78, 5) is 14.7. The first-order valence-electron chi connectivity index (χ1n) is 4.15. The lowest BCUT2D eigenvalue weighted by molar-refractivity contribution is -0.139. The average molecular weight is 406 g/mol. The number of carbonyl (C=O) groups excluding carboxylic acids is 1. The highest BCUT2D eigenvalue weighted by molar-refractivity contribution is 14.1. The van der Waals surface area contributed by atoms with Crippen molar-refractivity contribution in [1.29, 1.82) is 0 Å². The molecule has 1 heterocycles. The molecule has 0 spiro atoms. The number of ether oxygens (including phenoxy) is 1. The summed E-state index contributed by atoms with van der Waals surface area (Å²) < 4.78 is 30.4. The van der Waals surface area contributed by atoms with Crippen LogP contribution in [0.4, 0.5) is 8.78 Å². The Hall–Kier alpha value is -0.310. The lowest BCUT2D eigenvalue weighted by Crippen LogP contribution is -2.09. The second-order valence-corrected chi connectivity index (χ2v) is 4.77. The Bertz CT molecular complexity index is 415. The van der Waals surface area contributed by atoms with E-state index in [4.69, 9.17) is 0 Å². The van der Waals surface area contributed by atoms with Gasteiger partial charge in [0.15, 0.2) is 0 Å². The highest BCUT2D eigenvalue weighted by atomic mass is 127. The van der Waals surface area contributed by atoms with E-state index in [0.29, 0.717) is 10.0 Å². The van der Waals surface area contributed by atoms with Crippen molar-refractivity contribution >= 4 is 44.5 Å². The molecule has 0 amide bonds. The third kappa shape index (κ3) is 3.09. The summed E-state index contributed by atoms with van der Waals surface area (Å²) in [6.45, 7) is 0. The van der Waals surface area contributed by atoms with Crippen LogP contribution in [0.3, 0.4) is 0 Å². The Morgan fingerprint density at radius 2 is 2.31 bits per heavy atom. The zero-order valence-corrected chi connectivity index (χ0v) is 11.9. The van der Waals surface area contributed by atoms with Gasteiger partial charge >= 0.3 is 5.97 Å². The van der Waals surface area contributed by atoms with E-state index in [1.54, 1.807) is 22.6 Å². The van der Waals surface area contributed by atoms with Crippen molar-refractivity contribution < 1.29 is 18.3 Å².